The molecule has 0 N–H and O–H groups in total. The molecule has 2 heterocycles. The third kappa shape index (κ3) is 3.05. The van der Waals surface area contributed by atoms with Gasteiger partial charge in [-0.25, -0.2) is 0 Å². The Labute approximate surface area is 144 Å². The fourth-order valence-corrected chi connectivity index (χ4v) is 2.87. The monoisotopic (exact) mass is 338 g/mol. The topological polar surface area (TPSA) is 57.9 Å². The van der Waals surface area contributed by atoms with Gasteiger partial charge >= 0.3 is 0 Å². The highest BCUT2D eigenvalue weighted by Gasteiger charge is 2.13. The molecule has 128 valence electrons. The Morgan fingerprint density at radius 1 is 0.920 bits per heavy atom. The molecule has 25 heavy (non-hydrogen) atoms. The van der Waals surface area contributed by atoms with E-state index in [1.165, 1.54) is 6.07 Å². The summed E-state index contributed by atoms with van der Waals surface area (Å²) in [7, 11) is 1.57. The Morgan fingerprint density at radius 3 is 2.52 bits per heavy atom. The largest absolute Gasteiger partial charge is 0.497 e. The van der Waals surface area contributed by atoms with Gasteiger partial charge in [-0.1, -0.05) is 0 Å². The molecule has 0 aliphatic carbocycles. The zero-order valence-corrected chi connectivity index (χ0v) is 13.9. The van der Waals surface area contributed by atoms with Crippen molar-refractivity contribution in [3.8, 4) is 28.6 Å². The maximum Gasteiger partial charge on any atom is 0.193 e. The summed E-state index contributed by atoms with van der Waals surface area (Å²) in [5, 5.41) is 0.494. The second-order valence-electron chi connectivity index (χ2n) is 5.90. The number of ether oxygens (including phenoxy) is 3. The summed E-state index contributed by atoms with van der Waals surface area (Å²) in [5.74, 6) is 2.52. The van der Waals surface area contributed by atoms with Crippen LogP contribution in [-0.2, 0) is 0 Å². The highest BCUT2D eigenvalue weighted by molar-refractivity contribution is 5.80. The van der Waals surface area contributed by atoms with E-state index in [-0.39, 0.29) is 5.43 Å². The first kappa shape index (κ1) is 15.6. The molecule has 3 aromatic rings. The molecule has 0 fully saturated rings. The van der Waals surface area contributed by atoms with Crippen molar-refractivity contribution in [1.29, 1.82) is 0 Å². The third-order valence-electron chi connectivity index (χ3n) is 4.22. The first-order chi connectivity index (χ1) is 12.2. The molecule has 0 spiro atoms. The minimum absolute atomic E-state index is 0.112. The predicted octanol–water partition coefficient (Wildman–Crippen LogP) is 4.02. The third-order valence-corrected chi connectivity index (χ3v) is 4.22. The van der Waals surface area contributed by atoms with Crippen LogP contribution in [0.1, 0.15) is 12.8 Å². The minimum atomic E-state index is -0.112. The molecule has 0 bridgehead atoms. The summed E-state index contributed by atoms with van der Waals surface area (Å²) >= 11 is 0. The molecule has 0 amide bonds. The van der Waals surface area contributed by atoms with E-state index in [0.29, 0.717) is 41.4 Å². The molecule has 0 unspecified atom stereocenters. The highest BCUT2D eigenvalue weighted by Crippen LogP contribution is 2.34. The van der Waals surface area contributed by atoms with Crippen LogP contribution in [-0.4, -0.2) is 20.3 Å². The van der Waals surface area contributed by atoms with Gasteiger partial charge in [-0.15, -0.1) is 0 Å². The van der Waals surface area contributed by atoms with Crippen molar-refractivity contribution < 1.29 is 18.6 Å². The van der Waals surface area contributed by atoms with Gasteiger partial charge in [-0.3, -0.25) is 4.79 Å². The lowest BCUT2D eigenvalue weighted by Crippen LogP contribution is -2.08. The van der Waals surface area contributed by atoms with Crippen molar-refractivity contribution >= 4 is 11.0 Å². The standard InChI is InChI=1S/C20H18O5/c1-22-14-5-7-17-15(11-14)16(21)12-19(25-17)13-4-6-18-20(10-13)24-9-3-2-8-23-18/h4-7,10-12H,2-3,8-9H2,1H3. The van der Waals surface area contributed by atoms with Crippen molar-refractivity contribution in [2.24, 2.45) is 0 Å². The van der Waals surface area contributed by atoms with Crippen molar-refractivity contribution in [2.75, 3.05) is 20.3 Å². The van der Waals surface area contributed by atoms with Gasteiger partial charge in [-0.05, 0) is 49.2 Å². The van der Waals surface area contributed by atoms with E-state index in [4.69, 9.17) is 18.6 Å². The first-order valence-electron chi connectivity index (χ1n) is 8.26. The Balaban J connectivity index is 1.79. The molecule has 1 aromatic heterocycles. The van der Waals surface area contributed by atoms with Crippen molar-refractivity contribution in [1.82, 2.24) is 0 Å². The lowest BCUT2D eigenvalue weighted by molar-refractivity contribution is 0.223. The minimum Gasteiger partial charge on any atom is -0.497 e. The van der Waals surface area contributed by atoms with Crippen LogP contribution in [0, 0.1) is 0 Å². The van der Waals surface area contributed by atoms with E-state index in [1.54, 1.807) is 25.3 Å². The molecule has 4 rings (SSSR count). The predicted molar refractivity (Wildman–Crippen MR) is 94.7 cm³/mol. The molecule has 0 radical (unpaired) electrons. The molecule has 1 aliphatic heterocycles. The summed E-state index contributed by atoms with van der Waals surface area (Å²) in [6.07, 6.45) is 1.93. The van der Waals surface area contributed by atoms with Crippen molar-refractivity contribution in [3.63, 3.8) is 0 Å². The van der Waals surface area contributed by atoms with Crippen LogP contribution in [0.25, 0.3) is 22.3 Å². The Bertz CT molecular complexity index is 973. The quantitative estimate of drug-likeness (QED) is 0.706. The van der Waals surface area contributed by atoms with E-state index in [9.17, 15) is 4.79 Å². The van der Waals surface area contributed by atoms with E-state index in [1.807, 2.05) is 18.2 Å². The van der Waals surface area contributed by atoms with Crippen molar-refractivity contribution in [2.45, 2.75) is 12.8 Å². The fraction of sp³-hybridized carbons (Fsp3) is 0.250. The number of fused-ring (bicyclic) bond motifs is 2. The van der Waals surface area contributed by atoms with Gasteiger partial charge in [0.1, 0.15) is 17.1 Å². The van der Waals surface area contributed by atoms with Gasteiger partial charge in [0.2, 0.25) is 0 Å². The maximum absolute atomic E-state index is 12.5. The molecule has 1 aliphatic rings. The number of hydrogen-bond donors (Lipinski definition) is 0. The van der Waals surface area contributed by atoms with Gasteiger partial charge in [0.05, 0.1) is 25.7 Å². The molecular formula is C20H18O5. The number of benzene rings is 2. The number of methoxy groups -OCH3 is 1. The SMILES string of the molecule is COc1ccc2oc(-c3ccc4c(c3)OCCCCO4)cc(=O)c2c1. The molecule has 5 heteroatoms. The molecule has 0 saturated heterocycles. The summed E-state index contributed by atoms with van der Waals surface area (Å²) in [4.78, 5) is 12.5. The normalized spacial score (nSPS) is 14.0. The zero-order chi connectivity index (χ0) is 17.2. The molecule has 0 saturated carbocycles. The zero-order valence-electron chi connectivity index (χ0n) is 13.9. The van der Waals surface area contributed by atoms with E-state index < -0.39 is 0 Å². The molecular weight excluding hydrogens is 320 g/mol. The number of hydrogen-bond acceptors (Lipinski definition) is 5. The van der Waals surface area contributed by atoms with Crippen LogP contribution in [0.2, 0.25) is 0 Å². The smallest absolute Gasteiger partial charge is 0.193 e. The van der Waals surface area contributed by atoms with E-state index in [2.05, 4.69) is 0 Å². The van der Waals surface area contributed by atoms with E-state index in [0.717, 1.165) is 24.2 Å². The Kier molecular flexibility index (Phi) is 4.06. The Hall–Kier alpha value is -2.95. The number of rotatable bonds is 2. The summed E-state index contributed by atoms with van der Waals surface area (Å²) in [6, 6.07) is 12.3. The lowest BCUT2D eigenvalue weighted by Gasteiger charge is -2.17. The van der Waals surface area contributed by atoms with E-state index >= 15 is 0 Å². The van der Waals surface area contributed by atoms with Crippen LogP contribution in [0.15, 0.2) is 51.7 Å². The molecule has 2 aromatic carbocycles. The summed E-state index contributed by atoms with van der Waals surface area (Å²) in [5.41, 5.74) is 1.18. The summed E-state index contributed by atoms with van der Waals surface area (Å²) in [6.45, 7) is 1.34. The lowest BCUT2D eigenvalue weighted by atomic mass is 10.1. The molecule has 5 nitrogen and oxygen atoms in total. The Morgan fingerprint density at radius 2 is 1.72 bits per heavy atom. The summed E-state index contributed by atoms with van der Waals surface area (Å²) < 4.78 is 22.6. The van der Waals surface area contributed by atoms with Crippen molar-refractivity contribution in [3.05, 3.63) is 52.7 Å². The average molecular weight is 338 g/mol. The van der Waals surface area contributed by atoms with Crippen LogP contribution in [0.3, 0.4) is 0 Å². The van der Waals surface area contributed by atoms with Crippen LogP contribution in [0.5, 0.6) is 17.2 Å². The molecule has 0 atom stereocenters. The van der Waals surface area contributed by atoms with Crippen LogP contribution < -0.4 is 19.6 Å². The van der Waals surface area contributed by atoms with Gasteiger partial charge in [0.25, 0.3) is 0 Å². The van der Waals surface area contributed by atoms with Gasteiger partial charge in [-0.2, -0.15) is 0 Å². The highest BCUT2D eigenvalue weighted by atomic mass is 16.5. The maximum atomic E-state index is 12.5. The average Bonchev–Trinajstić information content (AvgIpc) is 2.62. The first-order valence-corrected chi connectivity index (χ1v) is 8.26. The van der Waals surface area contributed by atoms with Crippen LogP contribution >= 0.6 is 0 Å². The van der Waals surface area contributed by atoms with Gasteiger partial charge in [0, 0.05) is 11.6 Å². The van der Waals surface area contributed by atoms with Gasteiger partial charge < -0.3 is 18.6 Å². The second-order valence-corrected chi connectivity index (χ2v) is 5.90. The van der Waals surface area contributed by atoms with Gasteiger partial charge in [0.15, 0.2) is 16.9 Å². The fourth-order valence-electron chi connectivity index (χ4n) is 2.87. The second kappa shape index (κ2) is 6.51. The van der Waals surface area contributed by atoms with Crippen LogP contribution in [0.4, 0.5) is 0 Å².